The van der Waals surface area contributed by atoms with Crippen molar-refractivity contribution in [1.29, 1.82) is 0 Å². The minimum atomic E-state index is -0.519. The quantitative estimate of drug-likeness (QED) is 0.703. The Morgan fingerprint density at radius 2 is 1.45 bits per heavy atom. The minimum absolute atomic E-state index is 0.0465. The number of benzene rings is 2. The van der Waals surface area contributed by atoms with Crippen LogP contribution in [0, 0.1) is 5.92 Å². The van der Waals surface area contributed by atoms with Crippen molar-refractivity contribution in [2.24, 2.45) is 5.92 Å². The highest BCUT2D eigenvalue weighted by Gasteiger charge is 2.36. The molecule has 2 aliphatic rings. The fourth-order valence-corrected chi connectivity index (χ4v) is 4.99. The molecule has 1 saturated heterocycles. The summed E-state index contributed by atoms with van der Waals surface area (Å²) in [5.74, 6) is -0.310. The molecule has 1 heterocycles. The number of nitrogens with zero attached hydrogens (tertiary/aromatic N) is 1. The van der Waals surface area contributed by atoms with E-state index in [1.807, 2.05) is 65.6 Å². The summed E-state index contributed by atoms with van der Waals surface area (Å²) < 4.78 is 5.58. The maximum atomic E-state index is 13.0. The third kappa shape index (κ3) is 4.52. The molecule has 1 aliphatic carbocycles. The Kier molecular flexibility index (Phi) is 6.28. The molecule has 0 aromatic heterocycles. The van der Waals surface area contributed by atoms with Crippen LogP contribution in [0.25, 0.3) is 0 Å². The first-order valence-corrected chi connectivity index (χ1v) is 10.8. The number of hydrogen-bond donors (Lipinski definition) is 0. The molecule has 4 rings (SSSR count). The van der Waals surface area contributed by atoms with E-state index in [-0.39, 0.29) is 18.5 Å². The number of likely N-dealkylation sites (tertiary alicyclic amines) is 1. The highest BCUT2D eigenvalue weighted by atomic mass is 16.5. The van der Waals surface area contributed by atoms with E-state index in [0.29, 0.717) is 12.0 Å². The molecule has 2 atom stereocenters. The summed E-state index contributed by atoms with van der Waals surface area (Å²) in [5.41, 5.74) is 1.75. The number of ether oxygens (including phenoxy) is 1. The van der Waals surface area contributed by atoms with E-state index >= 15 is 0 Å². The molecular formula is C25H29NO3. The fraction of sp³-hybridized carbons (Fsp3) is 0.440. The highest BCUT2D eigenvalue weighted by molar-refractivity contribution is 5.86. The first kappa shape index (κ1) is 19.7. The van der Waals surface area contributed by atoms with Crippen LogP contribution in [0.1, 0.15) is 55.6 Å². The van der Waals surface area contributed by atoms with E-state index < -0.39 is 5.92 Å². The smallest absolute Gasteiger partial charge is 0.318 e. The van der Waals surface area contributed by atoms with Crippen LogP contribution in [0.4, 0.5) is 0 Å². The summed E-state index contributed by atoms with van der Waals surface area (Å²) in [6, 6.07) is 19.6. The van der Waals surface area contributed by atoms with Gasteiger partial charge in [-0.05, 0) is 42.7 Å². The summed E-state index contributed by atoms with van der Waals surface area (Å²) in [7, 11) is 0. The molecule has 0 spiro atoms. The first-order chi connectivity index (χ1) is 14.2. The second-order valence-corrected chi connectivity index (χ2v) is 8.20. The van der Waals surface area contributed by atoms with Gasteiger partial charge < -0.3 is 9.64 Å². The Morgan fingerprint density at radius 1 is 0.862 bits per heavy atom. The molecule has 0 bridgehead atoms. The van der Waals surface area contributed by atoms with Gasteiger partial charge >= 0.3 is 5.97 Å². The lowest BCUT2D eigenvalue weighted by Crippen LogP contribution is -2.51. The van der Waals surface area contributed by atoms with Crippen molar-refractivity contribution in [3.63, 3.8) is 0 Å². The second kappa shape index (κ2) is 9.25. The van der Waals surface area contributed by atoms with Crippen LogP contribution in [-0.2, 0) is 14.3 Å². The Morgan fingerprint density at radius 3 is 2.10 bits per heavy atom. The van der Waals surface area contributed by atoms with Gasteiger partial charge in [0.05, 0.1) is 0 Å². The molecule has 1 saturated carbocycles. The number of amides is 1. The van der Waals surface area contributed by atoms with Gasteiger partial charge in [0.2, 0.25) is 0 Å². The predicted octanol–water partition coefficient (Wildman–Crippen LogP) is 4.54. The molecule has 152 valence electrons. The summed E-state index contributed by atoms with van der Waals surface area (Å²) in [6.07, 6.45) is 7.04. The standard InChI is InChI=1S/C25H29NO3/c27-23(26-17-9-15-19-10-7-8-16-22(19)26)18-29-25(28)24(20-11-3-1-4-12-20)21-13-5-2-6-14-21/h1-6,11-14,19,22,24H,7-10,15-18H2/t19-,22-/m1/s1. The molecule has 0 radical (unpaired) electrons. The predicted molar refractivity (Wildman–Crippen MR) is 112 cm³/mol. The number of rotatable bonds is 5. The van der Waals surface area contributed by atoms with Gasteiger partial charge in [-0.2, -0.15) is 0 Å². The second-order valence-electron chi connectivity index (χ2n) is 8.20. The number of hydrogen-bond acceptors (Lipinski definition) is 3. The largest absolute Gasteiger partial charge is 0.455 e. The van der Waals surface area contributed by atoms with Gasteiger partial charge in [0, 0.05) is 12.6 Å². The molecule has 1 amide bonds. The van der Waals surface area contributed by atoms with E-state index in [1.165, 1.54) is 25.7 Å². The third-order valence-corrected chi connectivity index (χ3v) is 6.40. The van der Waals surface area contributed by atoms with Crippen molar-refractivity contribution in [2.75, 3.05) is 13.2 Å². The van der Waals surface area contributed by atoms with Crippen LogP contribution in [0.2, 0.25) is 0 Å². The number of piperidine rings is 1. The van der Waals surface area contributed by atoms with E-state index in [1.54, 1.807) is 0 Å². The average Bonchev–Trinajstić information content (AvgIpc) is 2.79. The molecule has 4 heteroatoms. The molecule has 2 aromatic rings. The summed E-state index contributed by atoms with van der Waals surface area (Å²) in [6.45, 7) is 0.622. The van der Waals surface area contributed by atoms with Crippen LogP contribution in [0.5, 0.6) is 0 Å². The zero-order chi connectivity index (χ0) is 20.1. The lowest BCUT2D eigenvalue weighted by atomic mass is 9.78. The first-order valence-electron chi connectivity index (χ1n) is 10.8. The van der Waals surface area contributed by atoms with Gasteiger partial charge in [-0.3, -0.25) is 9.59 Å². The lowest BCUT2D eigenvalue weighted by molar-refractivity contribution is -0.155. The van der Waals surface area contributed by atoms with Gasteiger partial charge in [0.1, 0.15) is 5.92 Å². The van der Waals surface area contributed by atoms with Crippen LogP contribution < -0.4 is 0 Å². The number of carbonyl (C=O) groups excluding carboxylic acids is 2. The molecule has 0 N–H and O–H groups in total. The van der Waals surface area contributed by atoms with Crippen LogP contribution in [-0.4, -0.2) is 36.0 Å². The SMILES string of the molecule is O=C(OCC(=O)N1CCC[C@H]2CCCC[C@H]21)C(c1ccccc1)c1ccccc1. The summed E-state index contributed by atoms with van der Waals surface area (Å²) in [5, 5.41) is 0. The Hall–Kier alpha value is -2.62. The van der Waals surface area contributed by atoms with E-state index in [9.17, 15) is 9.59 Å². The lowest BCUT2D eigenvalue weighted by Gasteiger charge is -2.44. The van der Waals surface area contributed by atoms with Crippen molar-refractivity contribution in [2.45, 2.75) is 50.5 Å². The maximum Gasteiger partial charge on any atom is 0.318 e. The normalized spacial score (nSPS) is 21.5. The molecule has 29 heavy (non-hydrogen) atoms. The molecule has 1 aliphatic heterocycles. The highest BCUT2D eigenvalue weighted by Crippen LogP contribution is 2.35. The topological polar surface area (TPSA) is 46.6 Å². The zero-order valence-electron chi connectivity index (χ0n) is 16.8. The summed E-state index contributed by atoms with van der Waals surface area (Å²) >= 11 is 0. The fourth-order valence-electron chi connectivity index (χ4n) is 4.99. The van der Waals surface area contributed by atoms with Crippen molar-refractivity contribution in [1.82, 2.24) is 4.90 Å². The Bertz CT molecular complexity index is 779. The van der Waals surface area contributed by atoms with Crippen LogP contribution in [0.3, 0.4) is 0 Å². The van der Waals surface area contributed by atoms with Gasteiger partial charge in [-0.15, -0.1) is 0 Å². The monoisotopic (exact) mass is 391 g/mol. The third-order valence-electron chi connectivity index (χ3n) is 6.40. The summed E-state index contributed by atoms with van der Waals surface area (Å²) in [4.78, 5) is 27.9. The molecule has 4 nitrogen and oxygen atoms in total. The number of esters is 1. The molecular weight excluding hydrogens is 362 g/mol. The van der Waals surface area contributed by atoms with Crippen molar-refractivity contribution in [3.8, 4) is 0 Å². The van der Waals surface area contributed by atoms with Crippen LogP contribution >= 0.6 is 0 Å². The molecule has 2 fully saturated rings. The maximum absolute atomic E-state index is 13.0. The Labute approximate surface area is 172 Å². The molecule has 0 unspecified atom stereocenters. The van der Waals surface area contributed by atoms with Gasteiger partial charge in [-0.25, -0.2) is 0 Å². The number of carbonyl (C=O) groups is 2. The number of fused-ring (bicyclic) bond motifs is 1. The molecule has 2 aromatic carbocycles. The van der Waals surface area contributed by atoms with Crippen molar-refractivity contribution < 1.29 is 14.3 Å². The van der Waals surface area contributed by atoms with E-state index in [2.05, 4.69) is 0 Å². The van der Waals surface area contributed by atoms with Gasteiger partial charge in [0.25, 0.3) is 5.91 Å². The van der Waals surface area contributed by atoms with Gasteiger partial charge in [-0.1, -0.05) is 73.5 Å². The Balaban J connectivity index is 1.45. The van der Waals surface area contributed by atoms with E-state index in [0.717, 1.165) is 30.5 Å². The van der Waals surface area contributed by atoms with Gasteiger partial charge in [0.15, 0.2) is 6.61 Å². The van der Waals surface area contributed by atoms with Crippen molar-refractivity contribution in [3.05, 3.63) is 71.8 Å². The van der Waals surface area contributed by atoms with E-state index in [4.69, 9.17) is 4.74 Å². The zero-order valence-corrected chi connectivity index (χ0v) is 16.8. The van der Waals surface area contributed by atoms with Crippen molar-refractivity contribution >= 4 is 11.9 Å². The minimum Gasteiger partial charge on any atom is -0.455 e. The average molecular weight is 392 g/mol. The van der Waals surface area contributed by atoms with Crippen LogP contribution in [0.15, 0.2) is 60.7 Å².